The van der Waals surface area contributed by atoms with Gasteiger partial charge in [0.05, 0.1) is 6.04 Å². The molecule has 0 aliphatic rings. The van der Waals surface area contributed by atoms with Crippen molar-refractivity contribution in [1.82, 2.24) is 0 Å². The molecule has 0 bridgehead atoms. The van der Waals surface area contributed by atoms with E-state index in [4.69, 9.17) is 11.5 Å². The Hall–Kier alpha value is 0.1000. The first-order chi connectivity index (χ1) is 5.16. The van der Waals surface area contributed by atoms with Gasteiger partial charge in [0.2, 0.25) is 0 Å². The molecule has 0 saturated heterocycles. The molecule has 2 nitrogen and oxygen atoms in total. The molecule has 0 spiro atoms. The predicted molar refractivity (Wildman–Crippen MR) is 52.7 cm³/mol. The summed E-state index contributed by atoms with van der Waals surface area (Å²) in [6.45, 7) is 2.55. The number of halogens is 1. The van der Waals surface area contributed by atoms with Crippen LogP contribution in [0.2, 0.25) is 0 Å². The van der Waals surface area contributed by atoms with E-state index in [1.807, 2.05) is 12.3 Å². The fraction of sp³-hybridized carbons (Fsp3) is 0.429. The van der Waals surface area contributed by atoms with Gasteiger partial charge in [0.15, 0.2) is 0 Å². The quantitative estimate of drug-likeness (QED) is 0.820. The molecule has 11 heavy (non-hydrogen) atoms. The molecule has 0 aromatic carbocycles. The van der Waals surface area contributed by atoms with E-state index in [1.165, 1.54) is 10.4 Å². The Labute approximate surface area is 78.7 Å². The summed E-state index contributed by atoms with van der Waals surface area (Å²) in [4.78, 5) is 1.18. The van der Waals surface area contributed by atoms with Crippen LogP contribution in [0.4, 0.5) is 0 Å². The van der Waals surface area contributed by atoms with Crippen LogP contribution < -0.4 is 11.5 Å². The van der Waals surface area contributed by atoms with E-state index >= 15 is 0 Å². The Kier molecular flexibility index (Phi) is 3.06. The van der Waals surface area contributed by atoms with Crippen molar-refractivity contribution in [2.24, 2.45) is 11.5 Å². The molecule has 0 fully saturated rings. The molecule has 4 N–H and O–H groups in total. The molecule has 4 heteroatoms. The summed E-state index contributed by atoms with van der Waals surface area (Å²) in [5.74, 6) is 0. The summed E-state index contributed by atoms with van der Waals surface area (Å²) < 4.78 is 1.13. The molecule has 0 aliphatic heterocycles. The standard InChI is InChI=1S/C7H11BrN2S/c1-4-5(8)3-11-7(4)6(10)2-9/h3,6H,2,9-10H2,1H3/t6-/m0/s1. The summed E-state index contributed by atoms with van der Waals surface area (Å²) in [7, 11) is 0. The highest BCUT2D eigenvalue weighted by molar-refractivity contribution is 9.10. The van der Waals surface area contributed by atoms with Crippen LogP contribution in [-0.4, -0.2) is 6.54 Å². The third-order valence-electron chi connectivity index (χ3n) is 1.61. The van der Waals surface area contributed by atoms with Crippen LogP contribution in [0.25, 0.3) is 0 Å². The second-order valence-corrected chi connectivity index (χ2v) is 4.18. The van der Waals surface area contributed by atoms with Crippen molar-refractivity contribution < 1.29 is 0 Å². The van der Waals surface area contributed by atoms with Crippen LogP contribution in [0.3, 0.4) is 0 Å². The van der Waals surface area contributed by atoms with Crippen LogP contribution in [0, 0.1) is 6.92 Å². The van der Waals surface area contributed by atoms with Crippen molar-refractivity contribution in [2.45, 2.75) is 13.0 Å². The van der Waals surface area contributed by atoms with Gasteiger partial charge >= 0.3 is 0 Å². The first-order valence-corrected chi connectivity index (χ1v) is 5.03. The summed E-state index contributed by atoms with van der Waals surface area (Å²) in [6.07, 6.45) is 0. The van der Waals surface area contributed by atoms with Crippen molar-refractivity contribution in [1.29, 1.82) is 0 Å². The highest BCUT2D eigenvalue weighted by atomic mass is 79.9. The monoisotopic (exact) mass is 234 g/mol. The molecule has 0 aliphatic carbocycles. The predicted octanol–water partition coefficient (Wildman–Crippen LogP) is 1.78. The van der Waals surface area contributed by atoms with Crippen LogP contribution in [0.1, 0.15) is 16.5 Å². The first kappa shape index (κ1) is 9.19. The van der Waals surface area contributed by atoms with Gasteiger partial charge in [0.1, 0.15) is 0 Å². The van der Waals surface area contributed by atoms with Gasteiger partial charge in [-0.15, -0.1) is 11.3 Å². The van der Waals surface area contributed by atoms with Crippen molar-refractivity contribution in [3.05, 3.63) is 20.3 Å². The van der Waals surface area contributed by atoms with E-state index in [0.29, 0.717) is 6.54 Å². The van der Waals surface area contributed by atoms with Crippen LogP contribution >= 0.6 is 27.3 Å². The molecule has 0 radical (unpaired) electrons. The summed E-state index contributed by atoms with van der Waals surface area (Å²) in [5, 5.41) is 2.04. The third-order valence-corrected chi connectivity index (χ3v) is 3.95. The minimum atomic E-state index is -0.00806. The molecule has 1 aromatic rings. The zero-order valence-electron chi connectivity index (χ0n) is 6.30. The molecular formula is C7H11BrN2S. The third kappa shape index (κ3) is 1.82. The lowest BCUT2D eigenvalue weighted by molar-refractivity contribution is 0.747. The first-order valence-electron chi connectivity index (χ1n) is 3.36. The number of thiophene rings is 1. The molecular weight excluding hydrogens is 224 g/mol. The number of hydrogen-bond acceptors (Lipinski definition) is 3. The minimum absolute atomic E-state index is 0.00806. The van der Waals surface area contributed by atoms with Gasteiger partial charge in [-0.05, 0) is 28.4 Å². The minimum Gasteiger partial charge on any atom is -0.329 e. The molecule has 0 saturated carbocycles. The average molecular weight is 235 g/mol. The second kappa shape index (κ2) is 3.67. The van der Waals surface area contributed by atoms with Crippen molar-refractivity contribution >= 4 is 27.3 Å². The lowest BCUT2D eigenvalue weighted by atomic mass is 10.2. The maximum absolute atomic E-state index is 5.77. The Bertz CT molecular complexity index is 247. The molecule has 1 atom stereocenters. The Balaban J connectivity index is 2.94. The Morgan fingerprint density at radius 1 is 1.73 bits per heavy atom. The smallest absolute Gasteiger partial charge is 0.0517 e. The van der Waals surface area contributed by atoms with Crippen LogP contribution in [-0.2, 0) is 0 Å². The number of nitrogens with two attached hydrogens (primary N) is 2. The highest BCUT2D eigenvalue weighted by Gasteiger charge is 2.10. The van der Waals surface area contributed by atoms with Gasteiger partial charge in [0, 0.05) is 21.3 Å². The molecule has 1 rings (SSSR count). The summed E-state index contributed by atoms with van der Waals surface area (Å²) in [5.41, 5.74) is 12.4. The lowest BCUT2D eigenvalue weighted by Gasteiger charge is -2.06. The largest absolute Gasteiger partial charge is 0.329 e. The number of hydrogen-bond donors (Lipinski definition) is 2. The van der Waals surface area contributed by atoms with E-state index in [0.717, 1.165) is 4.47 Å². The average Bonchev–Trinajstić information content (AvgIpc) is 2.32. The van der Waals surface area contributed by atoms with Gasteiger partial charge in [-0.1, -0.05) is 0 Å². The summed E-state index contributed by atoms with van der Waals surface area (Å²) >= 11 is 5.08. The number of rotatable bonds is 2. The second-order valence-electron chi connectivity index (χ2n) is 2.42. The highest BCUT2D eigenvalue weighted by Crippen LogP contribution is 2.29. The van der Waals surface area contributed by atoms with E-state index in [-0.39, 0.29) is 6.04 Å². The fourth-order valence-electron chi connectivity index (χ4n) is 0.882. The normalized spacial score (nSPS) is 13.5. The topological polar surface area (TPSA) is 52.0 Å². The van der Waals surface area contributed by atoms with Crippen molar-refractivity contribution in [2.75, 3.05) is 6.54 Å². The maximum Gasteiger partial charge on any atom is 0.0517 e. The van der Waals surface area contributed by atoms with E-state index < -0.39 is 0 Å². The van der Waals surface area contributed by atoms with Crippen LogP contribution in [0.15, 0.2) is 9.85 Å². The van der Waals surface area contributed by atoms with Gasteiger partial charge in [-0.2, -0.15) is 0 Å². The molecule has 0 unspecified atom stereocenters. The lowest BCUT2D eigenvalue weighted by Crippen LogP contribution is -2.20. The van der Waals surface area contributed by atoms with Crippen molar-refractivity contribution in [3.8, 4) is 0 Å². The van der Waals surface area contributed by atoms with Crippen LogP contribution in [0.5, 0.6) is 0 Å². The van der Waals surface area contributed by atoms with Crippen molar-refractivity contribution in [3.63, 3.8) is 0 Å². The van der Waals surface area contributed by atoms with Gasteiger partial charge < -0.3 is 11.5 Å². The molecule has 62 valence electrons. The van der Waals surface area contributed by atoms with Gasteiger partial charge in [0.25, 0.3) is 0 Å². The Morgan fingerprint density at radius 2 is 2.36 bits per heavy atom. The van der Waals surface area contributed by atoms with Gasteiger partial charge in [-0.3, -0.25) is 0 Å². The van der Waals surface area contributed by atoms with E-state index in [9.17, 15) is 0 Å². The van der Waals surface area contributed by atoms with E-state index in [1.54, 1.807) is 11.3 Å². The summed E-state index contributed by atoms with van der Waals surface area (Å²) in [6, 6.07) is -0.00806. The fourth-order valence-corrected chi connectivity index (χ4v) is 2.47. The molecule has 1 aromatic heterocycles. The zero-order valence-corrected chi connectivity index (χ0v) is 8.71. The SMILES string of the molecule is Cc1c(Br)csc1[C@@H](N)CN. The Morgan fingerprint density at radius 3 is 2.73 bits per heavy atom. The molecule has 0 amide bonds. The zero-order chi connectivity index (χ0) is 8.43. The maximum atomic E-state index is 5.77. The van der Waals surface area contributed by atoms with Gasteiger partial charge in [-0.25, -0.2) is 0 Å². The molecule has 1 heterocycles. The van der Waals surface area contributed by atoms with E-state index in [2.05, 4.69) is 15.9 Å².